The highest BCUT2D eigenvalue weighted by Gasteiger charge is 2.27. The quantitative estimate of drug-likeness (QED) is 0.748. The second-order valence-electron chi connectivity index (χ2n) is 3.53. The van der Waals surface area contributed by atoms with Crippen LogP contribution in [0.4, 0.5) is 0 Å². The van der Waals surface area contributed by atoms with Crippen molar-refractivity contribution in [2.24, 2.45) is 0 Å². The lowest BCUT2D eigenvalue weighted by molar-refractivity contribution is -0.114. The van der Waals surface area contributed by atoms with Gasteiger partial charge in [-0.25, -0.2) is 0 Å². The van der Waals surface area contributed by atoms with E-state index in [9.17, 15) is 4.79 Å². The lowest BCUT2D eigenvalue weighted by Gasteiger charge is -2.20. The Morgan fingerprint density at radius 2 is 1.86 bits per heavy atom. The van der Waals surface area contributed by atoms with E-state index < -0.39 is 5.41 Å². The fourth-order valence-electron chi connectivity index (χ4n) is 0.998. The van der Waals surface area contributed by atoms with Crippen molar-refractivity contribution >= 4 is 43.8 Å². The number of hydrogen-bond donors (Lipinski definition) is 0. The molecular weight excluding hydrogens is 287 g/mol. The molecule has 0 aliphatic carbocycles. The van der Waals surface area contributed by atoms with Crippen LogP contribution in [0.3, 0.4) is 0 Å². The monoisotopic (exact) mass is 294 g/mol. The molecule has 0 aromatic heterocycles. The van der Waals surface area contributed by atoms with Gasteiger partial charge >= 0.3 is 0 Å². The second kappa shape index (κ2) is 4.21. The molecule has 0 saturated carbocycles. The minimum Gasteiger partial charge on any atom is -0.286 e. The van der Waals surface area contributed by atoms with Crippen LogP contribution >= 0.6 is 39.1 Å². The molecule has 0 fully saturated rings. The van der Waals surface area contributed by atoms with Gasteiger partial charge < -0.3 is 0 Å². The van der Waals surface area contributed by atoms with E-state index >= 15 is 0 Å². The van der Waals surface area contributed by atoms with Crippen molar-refractivity contribution in [2.45, 2.75) is 19.3 Å². The van der Waals surface area contributed by atoms with Crippen LogP contribution in [0.5, 0.6) is 0 Å². The summed E-state index contributed by atoms with van der Waals surface area (Å²) >= 11 is 14.6. The number of hydrogen-bond acceptors (Lipinski definition) is 1. The van der Waals surface area contributed by atoms with E-state index in [4.69, 9.17) is 23.2 Å². The van der Waals surface area contributed by atoms with E-state index in [0.29, 0.717) is 10.0 Å². The van der Waals surface area contributed by atoms with Crippen molar-refractivity contribution < 1.29 is 4.79 Å². The first-order chi connectivity index (χ1) is 6.35. The third-order valence-electron chi connectivity index (χ3n) is 2.13. The Morgan fingerprint density at radius 3 is 2.29 bits per heavy atom. The van der Waals surface area contributed by atoms with Crippen LogP contribution in [-0.2, 0) is 10.2 Å². The third-order valence-corrected chi connectivity index (χ3v) is 3.86. The van der Waals surface area contributed by atoms with Crippen molar-refractivity contribution in [2.75, 3.05) is 0 Å². The first-order valence-corrected chi connectivity index (χ1v) is 5.56. The van der Waals surface area contributed by atoms with Gasteiger partial charge in [0.1, 0.15) is 0 Å². The van der Waals surface area contributed by atoms with Crippen molar-refractivity contribution in [3.63, 3.8) is 0 Å². The predicted molar refractivity (Wildman–Crippen MR) is 63.4 cm³/mol. The Bertz CT molecular complexity index is 374. The van der Waals surface area contributed by atoms with E-state index in [1.165, 1.54) is 0 Å². The molecule has 0 bridgehead atoms. The molecule has 0 spiro atoms. The van der Waals surface area contributed by atoms with Crippen molar-refractivity contribution in [3.05, 3.63) is 33.8 Å². The fraction of sp³-hybridized carbons (Fsp3) is 0.300. The topological polar surface area (TPSA) is 17.1 Å². The van der Waals surface area contributed by atoms with Crippen molar-refractivity contribution in [1.82, 2.24) is 0 Å². The van der Waals surface area contributed by atoms with Crippen LogP contribution in [0.25, 0.3) is 0 Å². The van der Waals surface area contributed by atoms with Crippen LogP contribution < -0.4 is 0 Å². The Morgan fingerprint density at radius 1 is 1.29 bits per heavy atom. The maximum absolute atomic E-state index is 11.3. The Hall–Kier alpha value is -0.0500. The molecule has 0 saturated heterocycles. The summed E-state index contributed by atoms with van der Waals surface area (Å²) in [5.74, 6) is 0. The molecule has 0 aliphatic heterocycles. The lowest BCUT2D eigenvalue weighted by Crippen LogP contribution is -2.24. The minimum absolute atomic E-state index is 0.0802. The van der Waals surface area contributed by atoms with Gasteiger partial charge in [-0.15, -0.1) is 0 Å². The number of benzene rings is 1. The zero-order chi connectivity index (χ0) is 10.9. The summed E-state index contributed by atoms with van der Waals surface area (Å²) in [5, 5.41) is 0.958. The number of rotatable bonds is 2. The summed E-state index contributed by atoms with van der Waals surface area (Å²) in [6.45, 7) is 3.65. The molecule has 76 valence electrons. The van der Waals surface area contributed by atoms with Gasteiger partial charge in [0.2, 0.25) is 4.69 Å². The third kappa shape index (κ3) is 2.30. The maximum atomic E-state index is 11.3. The molecule has 14 heavy (non-hydrogen) atoms. The van der Waals surface area contributed by atoms with E-state index in [1.807, 2.05) is 13.8 Å². The van der Waals surface area contributed by atoms with Gasteiger partial charge in [0.15, 0.2) is 0 Å². The molecule has 0 atom stereocenters. The molecule has 0 radical (unpaired) electrons. The summed E-state index contributed by atoms with van der Waals surface area (Å²) in [7, 11) is 0. The van der Waals surface area contributed by atoms with Gasteiger partial charge in [0.25, 0.3) is 0 Å². The highest BCUT2D eigenvalue weighted by molar-refractivity contribution is 9.18. The standard InChI is InChI=1S/C10H9BrCl2O/c1-10(2,9(11)14)6-3-4-7(12)8(13)5-6/h3-5H,1-2H3. The average Bonchev–Trinajstić information content (AvgIpc) is 2.09. The molecule has 0 N–H and O–H groups in total. The molecule has 0 heterocycles. The summed E-state index contributed by atoms with van der Waals surface area (Å²) in [5.41, 5.74) is 0.252. The Balaban J connectivity index is 3.21. The minimum atomic E-state index is -0.589. The van der Waals surface area contributed by atoms with Crippen LogP contribution in [0.15, 0.2) is 18.2 Å². The molecule has 1 nitrogen and oxygen atoms in total. The van der Waals surface area contributed by atoms with E-state index in [2.05, 4.69) is 15.9 Å². The van der Waals surface area contributed by atoms with Crippen LogP contribution in [0.2, 0.25) is 10.0 Å². The van der Waals surface area contributed by atoms with E-state index in [1.54, 1.807) is 18.2 Å². The number of carbonyl (C=O) groups is 1. The van der Waals surface area contributed by atoms with E-state index in [0.717, 1.165) is 5.56 Å². The van der Waals surface area contributed by atoms with Crippen molar-refractivity contribution in [1.29, 1.82) is 0 Å². The SMILES string of the molecule is CC(C)(C(=O)Br)c1ccc(Cl)c(Cl)c1. The van der Waals surface area contributed by atoms with Gasteiger partial charge in [0.05, 0.1) is 15.5 Å². The van der Waals surface area contributed by atoms with Gasteiger partial charge in [-0.3, -0.25) is 4.79 Å². The molecule has 1 aromatic carbocycles. The Kier molecular flexibility index (Phi) is 3.62. The van der Waals surface area contributed by atoms with Crippen LogP contribution in [0.1, 0.15) is 19.4 Å². The van der Waals surface area contributed by atoms with Gasteiger partial charge in [-0.05, 0) is 47.5 Å². The molecule has 0 unspecified atom stereocenters. The lowest BCUT2D eigenvalue weighted by atomic mass is 9.86. The molecular formula is C10H9BrCl2O. The number of carbonyl (C=O) groups excluding carboxylic acids is 1. The second-order valence-corrected chi connectivity index (χ2v) is 5.06. The first kappa shape index (κ1) is 12.0. The molecule has 1 rings (SSSR count). The summed E-state index contributed by atoms with van der Waals surface area (Å²) < 4.78 is -0.0802. The highest BCUT2D eigenvalue weighted by atomic mass is 79.9. The predicted octanol–water partition coefficient (Wildman–Crippen LogP) is 4.19. The maximum Gasteiger partial charge on any atom is 0.207 e. The molecule has 4 heteroatoms. The molecule has 0 aliphatic rings. The van der Waals surface area contributed by atoms with Gasteiger partial charge in [-0.2, -0.15) is 0 Å². The van der Waals surface area contributed by atoms with Gasteiger partial charge in [-0.1, -0.05) is 29.3 Å². The summed E-state index contributed by atoms with van der Waals surface area (Å²) in [6, 6.07) is 5.20. The summed E-state index contributed by atoms with van der Waals surface area (Å²) in [6.07, 6.45) is 0. The van der Waals surface area contributed by atoms with Crippen LogP contribution in [-0.4, -0.2) is 4.69 Å². The Labute approximate surface area is 102 Å². The molecule has 1 aromatic rings. The highest BCUT2D eigenvalue weighted by Crippen LogP contribution is 2.31. The first-order valence-electron chi connectivity index (χ1n) is 4.01. The van der Waals surface area contributed by atoms with Gasteiger partial charge in [0, 0.05) is 0 Å². The molecule has 0 amide bonds. The van der Waals surface area contributed by atoms with Crippen LogP contribution in [0, 0.1) is 0 Å². The number of halogens is 3. The summed E-state index contributed by atoms with van der Waals surface area (Å²) in [4.78, 5) is 11.3. The zero-order valence-electron chi connectivity index (χ0n) is 7.77. The zero-order valence-corrected chi connectivity index (χ0v) is 10.9. The largest absolute Gasteiger partial charge is 0.286 e. The normalized spacial score (nSPS) is 11.5. The fourth-order valence-corrected chi connectivity index (χ4v) is 1.53. The average molecular weight is 296 g/mol. The smallest absolute Gasteiger partial charge is 0.207 e. The van der Waals surface area contributed by atoms with E-state index in [-0.39, 0.29) is 4.69 Å². The van der Waals surface area contributed by atoms with Crippen molar-refractivity contribution in [3.8, 4) is 0 Å².